The summed E-state index contributed by atoms with van der Waals surface area (Å²) in [7, 11) is 0. The number of aryl methyl sites for hydroxylation is 1. The quantitative estimate of drug-likeness (QED) is 0.815. The van der Waals surface area contributed by atoms with Crippen molar-refractivity contribution in [2.24, 2.45) is 0 Å². The zero-order chi connectivity index (χ0) is 19.0. The lowest BCUT2D eigenvalue weighted by molar-refractivity contribution is -0.141. The molecule has 2 saturated heterocycles. The largest absolute Gasteiger partial charge is 0.338 e. The number of hydrogen-bond acceptors (Lipinski definition) is 3. The van der Waals surface area contributed by atoms with Gasteiger partial charge in [0.25, 0.3) is 5.91 Å². The third-order valence-electron chi connectivity index (χ3n) is 6.32. The molecule has 144 valence electrons. The molecule has 2 atom stereocenters. The molecular weight excluding hydrogens is 342 g/mol. The summed E-state index contributed by atoms with van der Waals surface area (Å²) in [4.78, 5) is 41.8. The highest BCUT2D eigenvalue weighted by atomic mass is 16.2. The van der Waals surface area contributed by atoms with Crippen molar-refractivity contribution in [1.29, 1.82) is 0 Å². The monoisotopic (exact) mass is 369 g/mol. The summed E-state index contributed by atoms with van der Waals surface area (Å²) >= 11 is 0. The molecule has 2 heterocycles. The van der Waals surface area contributed by atoms with Crippen LogP contribution in [0.2, 0.25) is 0 Å². The fourth-order valence-electron chi connectivity index (χ4n) is 4.81. The maximum absolute atomic E-state index is 13.4. The van der Waals surface area contributed by atoms with Crippen LogP contribution < -0.4 is 5.32 Å². The van der Waals surface area contributed by atoms with Crippen molar-refractivity contribution in [2.45, 2.75) is 63.5 Å². The van der Waals surface area contributed by atoms with Crippen LogP contribution in [0.4, 0.5) is 4.79 Å². The van der Waals surface area contributed by atoms with E-state index in [2.05, 4.69) is 5.32 Å². The Bertz CT molecular complexity index is 778. The van der Waals surface area contributed by atoms with Crippen LogP contribution >= 0.6 is 0 Å². The lowest BCUT2D eigenvalue weighted by Gasteiger charge is -2.34. The predicted molar refractivity (Wildman–Crippen MR) is 101 cm³/mol. The number of rotatable bonds is 2. The van der Waals surface area contributed by atoms with E-state index >= 15 is 0 Å². The lowest BCUT2D eigenvalue weighted by atomic mass is 9.84. The van der Waals surface area contributed by atoms with Crippen molar-refractivity contribution >= 4 is 17.8 Å². The van der Waals surface area contributed by atoms with Gasteiger partial charge >= 0.3 is 6.03 Å². The number of carbonyl (C=O) groups is 3. The van der Waals surface area contributed by atoms with Crippen molar-refractivity contribution in [2.75, 3.05) is 13.1 Å². The summed E-state index contributed by atoms with van der Waals surface area (Å²) in [5.41, 5.74) is 0.987. The Labute approximate surface area is 159 Å². The first-order chi connectivity index (χ1) is 13.0. The number of likely N-dealkylation sites (tertiary alicyclic amines) is 1. The number of carbonyl (C=O) groups excluding carboxylic acids is 3. The van der Waals surface area contributed by atoms with Gasteiger partial charge in [-0.2, -0.15) is 0 Å². The molecule has 1 N–H and O–H groups in total. The first-order valence-corrected chi connectivity index (χ1v) is 10.0. The number of piperidine rings is 1. The summed E-state index contributed by atoms with van der Waals surface area (Å²) in [6.07, 6.45) is 6.42. The molecule has 0 radical (unpaired) electrons. The Morgan fingerprint density at radius 1 is 1.19 bits per heavy atom. The van der Waals surface area contributed by atoms with Gasteiger partial charge in [-0.25, -0.2) is 4.79 Å². The van der Waals surface area contributed by atoms with Crippen LogP contribution in [0.5, 0.6) is 0 Å². The molecule has 1 aliphatic carbocycles. The highest BCUT2D eigenvalue weighted by molar-refractivity contribution is 6.09. The third-order valence-corrected chi connectivity index (χ3v) is 6.32. The molecule has 4 rings (SSSR count). The second kappa shape index (κ2) is 6.98. The Morgan fingerprint density at radius 3 is 2.81 bits per heavy atom. The Hall–Kier alpha value is -2.37. The normalized spacial score (nSPS) is 28.1. The molecule has 6 heteroatoms. The maximum atomic E-state index is 13.4. The Kier molecular flexibility index (Phi) is 4.66. The van der Waals surface area contributed by atoms with Crippen LogP contribution in [-0.2, 0) is 21.5 Å². The second-order valence-electron chi connectivity index (χ2n) is 8.02. The summed E-state index contributed by atoms with van der Waals surface area (Å²) in [5, 5.41) is 2.95. The van der Waals surface area contributed by atoms with E-state index in [1.54, 1.807) is 0 Å². The average molecular weight is 369 g/mol. The lowest BCUT2D eigenvalue weighted by Crippen LogP contribution is -2.49. The molecule has 0 bridgehead atoms. The van der Waals surface area contributed by atoms with E-state index in [0.717, 1.165) is 54.6 Å². The SMILES string of the molecule is C[C@@H]1CCCCN1C(=O)CN1C(=O)N[C@@]2(CCCCc3ccccc32)C1=O. The molecule has 27 heavy (non-hydrogen) atoms. The van der Waals surface area contributed by atoms with Crippen molar-refractivity contribution < 1.29 is 14.4 Å². The Balaban J connectivity index is 1.60. The van der Waals surface area contributed by atoms with Gasteiger partial charge in [0.1, 0.15) is 12.1 Å². The van der Waals surface area contributed by atoms with Crippen LogP contribution in [0, 0.1) is 0 Å². The number of amides is 4. The molecular formula is C21H27N3O3. The molecule has 2 aliphatic heterocycles. The van der Waals surface area contributed by atoms with Gasteiger partial charge in [-0.15, -0.1) is 0 Å². The maximum Gasteiger partial charge on any atom is 0.325 e. The molecule has 0 unspecified atom stereocenters. The van der Waals surface area contributed by atoms with E-state index in [9.17, 15) is 14.4 Å². The number of nitrogens with one attached hydrogen (secondary N) is 1. The molecule has 6 nitrogen and oxygen atoms in total. The molecule has 2 fully saturated rings. The smallest absolute Gasteiger partial charge is 0.325 e. The first-order valence-electron chi connectivity index (χ1n) is 10.0. The summed E-state index contributed by atoms with van der Waals surface area (Å²) in [5.74, 6) is -0.412. The molecule has 1 aromatic carbocycles. The minimum atomic E-state index is -1.02. The Morgan fingerprint density at radius 2 is 2.00 bits per heavy atom. The number of hydrogen-bond donors (Lipinski definition) is 1. The summed E-state index contributed by atoms with van der Waals surface area (Å²) in [6.45, 7) is 2.57. The number of benzene rings is 1. The highest BCUT2D eigenvalue weighted by Crippen LogP contribution is 2.39. The van der Waals surface area contributed by atoms with Crippen LogP contribution in [0.1, 0.15) is 56.6 Å². The van der Waals surface area contributed by atoms with E-state index in [1.165, 1.54) is 0 Å². The fourth-order valence-corrected chi connectivity index (χ4v) is 4.81. The van der Waals surface area contributed by atoms with Crippen molar-refractivity contribution in [3.05, 3.63) is 35.4 Å². The van der Waals surface area contributed by atoms with Gasteiger partial charge < -0.3 is 10.2 Å². The average Bonchev–Trinajstić information content (AvgIpc) is 2.81. The number of imide groups is 1. The van der Waals surface area contributed by atoms with Crippen molar-refractivity contribution in [1.82, 2.24) is 15.1 Å². The summed E-state index contributed by atoms with van der Waals surface area (Å²) < 4.78 is 0. The van der Waals surface area contributed by atoms with Gasteiger partial charge in [-0.3, -0.25) is 14.5 Å². The highest BCUT2D eigenvalue weighted by Gasteiger charge is 2.53. The zero-order valence-electron chi connectivity index (χ0n) is 15.9. The van der Waals surface area contributed by atoms with Gasteiger partial charge in [0.15, 0.2) is 0 Å². The molecule has 1 aromatic rings. The van der Waals surface area contributed by atoms with E-state index in [1.807, 2.05) is 36.1 Å². The third kappa shape index (κ3) is 3.01. The zero-order valence-corrected chi connectivity index (χ0v) is 15.9. The molecule has 3 aliphatic rings. The first kappa shape index (κ1) is 18.0. The van der Waals surface area contributed by atoms with Gasteiger partial charge in [-0.05, 0) is 63.0 Å². The van der Waals surface area contributed by atoms with Gasteiger partial charge in [-0.1, -0.05) is 24.3 Å². The topological polar surface area (TPSA) is 69.7 Å². The second-order valence-corrected chi connectivity index (χ2v) is 8.02. The van der Waals surface area contributed by atoms with E-state index in [-0.39, 0.29) is 24.4 Å². The van der Waals surface area contributed by atoms with Crippen molar-refractivity contribution in [3.8, 4) is 0 Å². The van der Waals surface area contributed by atoms with E-state index in [0.29, 0.717) is 13.0 Å². The number of urea groups is 1. The van der Waals surface area contributed by atoms with Gasteiger partial charge in [0.05, 0.1) is 0 Å². The number of fused-ring (bicyclic) bond motifs is 2. The fraction of sp³-hybridized carbons (Fsp3) is 0.571. The van der Waals surface area contributed by atoms with Crippen molar-refractivity contribution in [3.63, 3.8) is 0 Å². The minimum Gasteiger partial charge on any atom is -0.338 e. The van der Waals surface area contributed by atoms with Gasteiger partial charge in [0, 0.05) is 12.6 Å². The van der Waals surface area contributed by atoms with Crippen LogP contribution in [0.15, 0.2) is 24.3 Å². The number of nitrogens with zero attached hydrogens (tertiary/aromatic N) is 2. The summed E-state index contributed by atoms with van der Waals surface area (Å²) in [6, 6.07) is 7.57. The van der Waals surface area contributed by atoms with E-state index < -0.39 is 11.6 Å². The predicted octanol–water partition coefficient (Wildman–Crippen LogP) is 2.56. The van der Waals surface area contributed by atoms with Gasteiger partial charge in [0.2, 0.25) is 5.91 Å². The van der Waals surface area contributed by atoms with Crippen LogP contribution in [-0.4, -0.2) is 46.8 Å². The molecule has 0 saturated carbocycles. The molecule has 4 amide bonds. The van der Waals surface area contributed by atoms with Crippen LogP contribution in [0.3, 0.4) is 0 Å². The molecule has 1 spiro atoms. The van der Waals surface area contributed by atoms with E-state index in [4.69, 9.17) is 0 Å². The molecule has 0 aromatic heterocycles. The minimum absolute atomic E-state index is 0.135. The standard InChI is InChI=1S/C21H27N3O3/c1-15-8-5-7-13-23(15)18(25)14-24-19(26)21(22-20(24)27)12-6-4-10-16-9-2-3-11-17(16)21/h2-3,9,11,15H,4-8,10,12-14H2,1H3,(H,22,27)/t15-,21-/m1/s1. The van der Waals surface area contributed by atoms with Crippen LogP contribution in [0.25, 0.3) is 0 Å².